The number of rotatable bonds is 9. The van der Waals surface area contributed by atoms with Crippen LogP contribution >= 0.6 is 11.3 Å². The maximum Gasteiger partial charge on any atom is 0.253 e. The summed E-state index contributed by atoms with van der Waals surface area (Å²) < 4.78 is 33.7. The summed E-state index contributed by atoms with van der Waals surface area (Å²) in [5.74, 6) is 0.643. The molecule has 0 atom stereocenters. The van der Waals surface area contributed by atoms with Gasteiger partial charge in [-0.05, 0) is 42.8 Å². The molecule has 190 valence electrons. The Morgan fingerprint density at radius 1 is 1.08 bits per heavy atom. The third-order valence-electron chi connectivity index (χ3n) is 6.15. The van der Waals surface area contributed by atoms with Crippen LogP contribution in [0.5, 0.6) is 5.75 Å². The van der Waals surface area contributed by atoms with Crippen LogP contribution in [0.15, 0.2) is 66.6 Å². The van der Waals surface area contributed by atoms with Gasteiger partial charge in [0.15, 0.2) is 5.13 Å². The minimum Gasteiger partial charge on any atom is -0.494 e. The molecular weight excluding hydrogens is 496 g/mol. The number of anilines is 1. The molecule has 2 aromatic carbocycles. The van der Waals surface area contributed by atoms with Gasteiger partial charge in [0, 0.05) is 44.8 Å². The van der Waals surface area contributed by atoms with Crippen LogP contribution in [-0.2, 0) is 10.0 Å². The second-order valence-corrected chi connectivity index (χ2v) is 11.4. The van der Waals surface area contributed by atoms with Crippen LogP contribution in [0.4, 0.5) is 5.13 Å². The first-order valence-corrected chi connectivity index (χ1v) is 13.9. The summed E-state index contributed by atoms with van der Waals surface area (Å²) in [5.41, 5.74) is 2.48. The van der Waals surface area contributed by atoms with Crippen LogP contribution in [0.3, 0.4) is 0 Å². The standard InChI is InChI=1S/C26H30N4O4S2/c1-5-13-30(14-6-2)36(32,33)21-10-8-20(9-11-21)25(31)28-15-17-29(18-16-28)26-27-23-22(34-4)12-7-19(3)24(23)35-26/h5-12H,1-2,13-18H2,3-4H3. The van der Waals surface area contributed by atoms with Crippen molar-refractivity contribution in [3.05, 3.63) is 72.8 Å². The van der Waals surface area contributed by atoms with Gasteiger partial charge >= 0.3 is 0 Å². The average molecular weight is 527 g/mol. The van der Waals surface area contributed by atoms with Crippen molar-refractivity contribution in [2.45, 2.75) is 11.8 Å². The summed E-state index contributed by atoms with van der Waals surface area (Å²) in [6.07, 6.45) is 3.06. The number of amides is 1. The lowest BCUT2D eigenvalue weighted by atomic mass is 10.2. The number of nitrogens with zero attached hydrogens (tertiary/aromatic N) is 4. The molecule has 1 aliphatic rings. The Balaban J connectivity index is 1.44. The second-order valence-electron chi connectivity index (χ2n) is 8.46. The smallest absolute Gasteiger partial charge is 0.253 e. The van der Waals surface area contributed by atoms with E-state index in [4.69, 9.17) is 9.72 Å². The monoisotopic (exact) mass is 526 g/mol. The van der Waals surface area contributed by atoms with Gasteiger partial charge in [0.25, 0.3) is 5.91 Å². The van der Waals surface area contributed by atoms with E-state index in [1.165, 1.54) is 28.6 Å². The van der Waals surface area contributed by atoms with Crippen molar-refractivity contribution in [1.29, 1.82) is 0 Å². The molecule has 4 rings (SSSR count). The van der Waals surface area contributed by atoms with Gasteiger partial charge in [0.1, 0.15) is 11.3 Å². The number of fused-ring (bicyclic) bond motifs is 1. The zero-order valence-electron chi connectivity index (χ0n) is 20.5. The van der Waals surface area contributed by atoms with E-state index in [0.717, 1.165) is 26.7 Å². The number of hydrogen-bond donors (Lipinski definition) is 0. The minimum absolute atomic E-state index is 0.116. The molecular formula is C26H30N4O4S2. The van der Waals surface area contributed by atoms with Crippen LogP contribution in [0, 0.1) is 6.92 Å². The van der Waals surface area contributed by atoms with Gasteiger partial charge in [-0.25, -0.2) is 13.4 Å². The maximum absolute atomic E-state index is 13.1. The number of aromatic nitrogens is 1. The number of benzene rings is 2. The summed E-state index contributed by atoms with van der Waals surface area (Å²) in [4.78, 5) is 22.0. The highest BCUT2D eigenvalue weighted by Gasteiger charge is 2.26. The van der Waals surface area contributed by atoms with Gasteiger partial charge in [-0.3, -0.25) is 4.79 Å². The van der Waals surface area contributed by atoms with Crippen LogP contribution in [0.25, 0.3) is 10.2 Å². The molecule has 10 heteroatoms. The summed E-state index contributed by atoms with van der Waals surface area (Å²) in [7, 11) is -2.06. The fourth-order valence-corrected chi connectivity index (χ4v) is 6.64. The molecule has 1 aliphatic heterocycles. The molecule has 1 fully saturated rings. The van der Waals surface area contributed by atoms with E-state index >= 15 is 0 Å². The number of carbonyl (C=O) groups excluding carboxylic acids is 1. The van der Waals surface area contributed by atoms with E-state index in [0.29, 0.717) is 31.7 Å². The molecule has 1 amide bonds. The van der Waals surface area contributed by atoms with E-state index in [2.05, 4.69) is 25.0 Å². The van der Waals surface area contributed by atoms with Crippen molar-refractivity contribution < 1.29 is 17.9 Å². The van der Waals surface area contributed by atoms with Crippen molar-refractivity contribution >= 4 is 42.6 Å². The Kier molecular flexibility index (Phi) is 7.77. The van der Waals surface area contributed by atoms with Gasteiger partial charge < -0.3 is 14.5 Å². The number of hydrogen-bond acceptors (Lipinski definition) is 7. The number of thiazole rings is 1. The molecule has 0 unspecified atom stereocenters. The molecule has 2 heterocycles. The van der Waals surface area contributed by atoms with Crippen molar-refractivity contribution in [1.82, 2.24) is 14.2 Å². The molecule has 3 aromatic rings. The molecule has 0 N–H and O–H groups in total. The quantitative estimate of drug-likeness (QED) is 0.393. The SMILES string of the molecule is C=CCN(CC=C)S(=O)(=O)c1ccc(C(=O)N2CCN(c3nc4c(OC)ccc(C)c4s3)CC2)cc1. The van der Waals surface area contributed by atoms with E-state index in [1.807, 2.05) is 12.1 Å². The van der Waals surface area contributed by atoms with Crippen LogP contribution in [0.1, 0.15) is 15.9 Å². The van der Waals surface area contributed by atoms with Gasteiger partial charge in [0.05, 0.1) is 16.7 Å². The average Bonchev–Trinajstić information content (AvgIpc) is 3.35. The summed E-state index contributed by atoms with van der Waals surface area (Å²) in [5, 5.41) is 0.919. The number of ether oxygens (including phenoxy) is 1. The predicted molar refractivity (Wildman–Crippen MR) is 145 cm³/mol. The summed E-state index contributed by atoms with van der Waals surface area (Å²) in [6, 6.07) is 10.1. The maximum atomic E-state index is 13.1. The highest BCUT2D eigenvalue weighted by atomic mass is 32.2. The molecule has 0 aliphatic carbocycles. The first-order valence-electron chi connectivity index (χ1n) is 11.6. The van der Waals surface area contributed by atoms with Crippen molar-refractivity contribution in [3.8, 4) is 5.75 Å². The predicted octanol–water partition coefficient (Wildman–Crippen LogP) is 3.94. The number of methoxy groups -OCH3 is 1. The fourth-order valence-electron chi connectivity index (χ4n) is 4.16. The highest BCUT2D eigenvalue weighted by Crippen LogP contribution is 2.36. The molecule has 0 bridgehead atoms. The van der Waals surface area contributed by atoms with Crippen LogP contribution < -0.4 is 9.64 Å². The number of aryl methyl sites for hydroxylation is 1. The first kappa shape index (κ1) is 25.9. The molecule has 0 saturated carbocycles. The van der Waals surface area contributed by atoms with Crippen molar-refractivity contribution in [3.63, 3.8) is 0 Å². The lowest BCUT2D eigenvalue weighted by Crippen LogP contribution is -2.48. The lowest BCUT2D eigenvalue weighted by Gasteiger charge is -2.34. The molecule has 0 radical (unpaired) electrons. The number of carbonyl (C=O) groups is 1. The van der Waals surface area contributed by atoms with Gasteiger partial charge in [-0.2, -0.15) is 4.31 Å². The third kappa shape index (κ3) is 5.02. The van der Waals surface area contributed by atoms with E-state index < -0.39 is 10.0 Å². The minimum atomic E-state index is -3.71. The Labute approximate surface area is 216 Å². The zero-order valence-corrected chi connectivity index (χ0v) is 22.1. The molecule has 8 nitrogen and oxygen atoms in total. The van der Waals surface area contributed by atoms with Gasteiger partial charge in [-0.1, -0.05) is 29.6 Å². The number of sulfonamides is 1. The summed E-state index contributed by atoms with van der Waals surface area (Å²) in [6.45, 7) is 12.1. The van der Waals surface area contributed by atoms with Crippen molar-refractivity contribution in [2.75, 3.05) is 51.3 Å². The normalized spacial score (nSPS) is 14.3. The molecule has 36 heavy (non-hydrogen) atoms. The van der Waals surface area contributed by atoms with E-state index in [1.54, 1.807) is 35.5 Å². The highest BCUT2D eigenvalue weighted by molar-refractivity contribution is 7.89. The molecule has 0 spiro atoms. The largest absolute Gasteiger partial charge is 0.494 e. The third-order valence-corrected chi connectivity index (χ3v) is 9.25. The van der Waals surface area contributed by atoms with Crippen LogP contribution in [0.2, 0.25) is 0 Å². The Morgan fingerprint density at radius 3 is 2.31 bits per heavy atom. The van der Waals surface area contributed by atoms with Gasteiger partial charge in [0.2, 0.25) is 10.0 Å². The van der Waals surface area contributed by atoms with E-state index in [-0.39, 0.29) is 23.9 Å². The molecule has 1 saturated heterocycles. The Bertz CT molecular complexity index is 1360. The first-order chi connectivity index (χ1) is 17.3. The number of piperazine rings is 1. The summed E-state index contributed by atoms with van der Waals surface area (Å²) >= 11 is 1.64. The molecule has 1 aromatic heterocycles. The van der Waals surface area contributed by atoms with Gasteiger partial charge in [-0.15, -0.1) is 13.2 Å². The Hall–Kier alpha value is -3.21. The Morgan fingerprint density at radius 2 is 1.72 bits per heavy atom. The lowest BCUT2D eigenvalue weighted by molar-refractivity contribution is 0.0746. The zero-order chi connectivity index (χ0) is 25.9. The topological polar surface area (TPSA) is 83.1 Å². The van der Waals surface area contributed by atoms with Crippen LogP contribution in [-0.4, -0.2) is 74.9 Å². The fraction of sp³-hybridized carbons (Fsp3) is 0.308. The van der Waals surface area contributed by atoms with E-state index in [9.17, 15) is 13.2 Å². The second kappa shape index (κ2) is 10.8. The van der Waals surface area contributed by atoms with Crippen molar-refractivity contribution in [2.24, 2.45) is 0 Å².